The Morgan fingerprint density at radius 2 is 2.04 bits per heavy atom. The molecule has 23 heavy (non-hydrogen) atoms. The van der Waals surface area contributed by atoms with Gasteiger partial charge in [0.15, 0.2) is 0 Å². The van der Waals surface area contributed by atoms with Gasteiger partial charge < -0.3 is 15.0 Å². The molecular weight excluding hydrogens is 363 g/mol. The van der Waals surface area contributed by atoms with Gasteiger partial charge in [-0.1, -0.05) is 15.9 Å². The Hall–Kier alpha value is -1.14. The van der Waals surface area contributed by atoms with Crippen LogP contribution >= 0.6 is 15.9 Å². The summed E-state index contributed by atoms with van der Waals surface area (Å²) >= 11 is 3.33. The fourth-order valence-corrected chi connectivity index (χ4v) is 2.39. The zero-order valence-corrected chi connectivity index (χ0v) is 16.0. The predicted molar refractivity (Wildman–Crippen MR) is 93.9 cm³/mol. The lowest BCUT2D eigenvalue weighted by molar-refractivity contribution is 0.0193. The van der Waals surface area contributed by atoms with Crippen molar-refractivity contribution in [2.45, 2.75) is 52.8 Å². The quantitative estimate of drug-likeness (QED) is 0.737. The van der Waals surface area contributed by atoms with Gasteiger partial charge in [-0.25, -0.2) is 9.18 Å². The monoisotopic (exact) mass is 388 g/mol. The highest BCUT2D eigenvalue weighted by Crippen LogP contribution is 2.15. The molecule has 0 aliphatic rings. The van der Waals surface area contributed by atoms with Crippen LogP contribution < -0.4 is 5.32 Å². The molecule has 0 heterocycles. The lowest BCUT2D eigenvalue weighted by Crippen LogP contribution is -2.44. The fourth-order valence-electron chi connectivity index (χ4n) is 1.98. The van der Waals surface area contributed by atoms with Crippen LogP contribution in [-0.4, -0.2) is 35.7 Å². The molecule has 1 aromatic carbocycles. The molecule has 0 aromatic heterocycles. The Morgan fingerprint density at radius 1 is 1.39 bits per heavy atom. The van der Waals surface area contributed by atoms with Crippen molar-refractivity contribution < 1.29 is 13.9 Å². The van der Waals surface area contributed by atoms with Gasteiger partial charge in [0.05, 0.1) is 0 Å². The van der Waals surface area contributed by atoms with E-state index in [1.165, 1.54) is 6.07 Å². The van der Waals surface area contributed by atoms with Crippen molar-refractivity contribution in [1.29, 1.82) is 0 Å². The number of carbonyl (C=O) groups excluding carboxylic acids is 1. The summed E-state index contributed by atoms with van der Waals surface area (Å²) in [5.41, 5.74) is 0.0737. The zero-order valence-electron chi connectivity index (χ0n) is 14.5. The molecule has 0 radical (unpaired) electrons. The molecule has 1 N–H and O–H groups in total. The Morgan fingerprint density at radius 3 is 2.61 bits per heavy atom. The molecular formula is C17H26BrFN2O2. The van der Waals surface area contributed by atoms with E-state index >= 15 is 0 Å². The van der Waals surface area contributed by atoms with E-state index in [2.05, 4.69) is 21.2 Å². The molecule has 0 atom stereocenters. The average molecular weight is 389 g/mol. The lowest BCUT2D eigenvalue weighted by atomic mass is 10.2. The van der Waals surface area contributed by atoms with Crippen molar-refractivity contribution in [1.82, 2.24) is 10.2 Å². The molecule has 1 amide bonds. The number of carbonyl (C=O) groups is 1. The van der Waals surface area contributed by atoms with Gasteiger partial charge in [-0.2, -0.15) is 0 Å². The molecule has 0 fully saturated rings. The average Bonchev–Trinajstić information content (AvgIpc) is 2.39. The fraction of sp³-hybridized carbons (Fsp3) is 0.588. The molecule has 0 aliphatic heterocycles. The molecule has 1 aromatic rings. The number of benzene rings is 1. The maximum atomic E-state index is 13.7. The first-order valence-electron chi connectivity index (χ1n) is 7.74. The van der Waals surface area contributed by atoms with Gasteiger partial charge in [0.2, 0.25) is 0 Å². The van der Waals surface area contributed by atoms with Crippen LogP contribution in [0.2, 0.25) is 0 Å². The van der Waals surface area contributed by atoms with E-state index in [0.717, 1.165) is 4.47 Å². The van der Waals surface area contributed by atoms with Gasteiger partial charge in [-0.15, -0.1) is 0 Å². The maximum absolute atomic E-state index is 13.7. The molecule has 130 valence electrons. The van der Waals surface area contributed by atoms with Gasteiger partial charge in [0.1, 0.15) is 11.4 Å². The molecule has 4 nitrogen and oxygen atoms in total. The number of hydrogen-bond donors (Lipinski definition) is 1. The number of amides is 1. The van der Waals surface area contributed by atoms with Crippen LogP contribution in [0.25, 0.3) is 0 Å². The van der Waals surface area contributed by atoms with Crippen molar-refractivity contribution in [2.24, 2.45) is 0 Å². The number of hydrogen-bond acceptors (Lipinski definition) is 3. The molecule has 0 unspecified atom stereocenters. The predicted octanol–water partition coefficient (Wildman–Crippen LogP) is 4.32. The third-order valence-electron chi connectivity index (χ3n) is 3.10. The standard InChI is InChI=1S/C17H26BrFN2O2/c1-12(2)21(16(22)23-17(3,4)5)9-8-20-11-13-10-14(18)6-7-15(13)19/h6-7,10,12,20H,8-9,11H2,1-5H3. The molecule has 1 rings (SSSR count). The van der Waals surface area contributed by atoms with Gasteiger partial charge in [0.25, 0.3) is 0 Å². The summed E-state index contributed by atoms with van der Waals surface area (Å²) in [6, 6.07) is 4.88. The number of rotatable bonds is 6. The Bertz CT molecular complexity index is 530. The number of nitrogens with zero attached hydrogens (tertiary/aromatic N) is 1. The SMILES string of the molecule is CC(C)N(CCNCc1cc(Br)ccc1F)C(=O)OC(C)(C)C. The van der Waals surface area contributed by atoms with Crippen LogP contribution in [-0.2, 0) is 11.3 Å². The van der Waals surface area contributed by atoms with Crippen LogP contribution in [0.1, 0.15) is 40.2 Å². The number of ether oxygens (including phenoxy) is 1. The highest BCUT2D eigenvalue weighted by molar-refractivity contribution is 9.10. The topological polar surface area (TPSA) is 41.6 Å². The molecule has 0 aliphatic carbocycles. The molecule has 6 heteroatoms. The molecule has 0 saturated carbocycles. The zero-order chi connectivity index (χ0) is 17.6. The van der Waals surface area contributed by atoms with Crippen molar-refractivity contribution >= 4 is 22.0 Å². The summed E-state index contributed by atoms with van der Waals surface area (Å²) in [6.07, 6.45) is -0.331. The second-order valence-corrected chi connectivity index (χ2v) is 7.60. The van der Waals surface area contributed by atoms with Crippen LogP contribution in [0.5, 0.6) is 0 Å². The van der Waals surface area contributed by atoms with Crippen LogP contribution in [0, 0.1) is 5.82 Å². The highest BCUT2D eigenvalue weighted by Gasteiger charge is 2.23. The summed E-state index contributed by atoms with van der Waals surface area (Å²) in [6.45, 7) is 10.9. The minimum absolute atomic E-state index is 0.0363. The second kappa shape index (κ2) is 8.64. The van der Waals surface area contributed by atoms with Crippen LogP contribution in [0.4, 0.5) is 9.18 Å². The summed E-state index contributed by atoms with van der Waals surface area (Å²) in [7, 11) is 0. The van der Waals surface area contributed by atoms with E-state index in [0.29, 0.717) is 25.2 Å². The van der Waals surface area contributed by atoms with Crippen LogP contribution in [0.3, 0.4) is 0 Å². The van der Waals surface area contributed by atoms with Crippen molar-refractivity contribution in [3.8, 4) is 0 Å². The number of nitrogens with one attached hydrogen (secondary N) is 1. The van der Waals surface area contributed by atoms with E-state index in [4.69, 9.17) is 4.74 Å². The van der Waals surface area contributed by atoms with Gasteiger partial charge in [0, 0.05) is 35.7 Å². The minimum Gasteiger partial charge on any atom is -0.444 e. The summed E-state index contributed by atoms with van der Waals surface area (Å²) < 4.78 is 19.9. The normalized spacial score (nSPS) is 11.7. The summed E-state index contributed by atoms with van der Waals surface area (Å²) in [5.74, 6) is -0.242. The van der Waals surface area contributed by atoms with Gasteiger partial charge >= 0.3 is 6.09 Å². The highest BCUT2D eigenvalue weighted by atomic mass is 79.9. The van der Waals surface area contributed by atoms with Crippen molar-refractivity contribution in [3.63, 3.8) is 0 Å². The largest absolute Gasteiger partial charge is 0.444 e. The first-order valence-corrected chi connectivity index (χ1v) is 8.53. The van der Waals surface area contributed by atoms with E-state index in [-0.39, 0.29) is 18.0 Å². The Kier molecular flexibility index (Phi) is 7.48. The van der Waals surface area contributed by atoms with Gasteiger partial charge in [-0.05, 0) is 52.8 Å². The van der Waals surface area contributed by atoms with Crippen molar-refractivity contribution in [3.05, 3.63) is 34.1 Å². The lowest BCUT2D eigenvalue weighted by Gasteiger charge is -2.30. The first-order chi connectivity index (χ1) is 10.6. The first kappa shape index (κ1) is 19.9. The summed E-state index contributed by atoms with van der Waals surface area (Å²) in [5, 5.41) is 3.16. The second-order valence-electron chi connectivity index (χ2n) is 6.68. The summed E-state index contributed by atoms with van der Waals surface area (Å²) in [4.78, 5) is 13.8. The Balaban J connectivity index is 2.50. The minimum atomic E-state index is -0.517. The molecule has 0 bridgehead atoms. The molecule has 0 spiro atoms. The van der Waals surface area contributed by atoms with Gasteiger partial charge in [-0.3, -0.25) is 0 Å². The third kappa shape index (κ3) is 7.31. The van der Waals surface area contributed by atoms with E-state index in [1.54, 1.807) is 17.0 Å². The van der Waals surface area contributed by atoms with Crippen LogP contribution in [0.15, 0.2) is 22.7 Å². The van der Waals surface area contributed by atoms with E-state index in [9.17, 15) is 9.18 Å². The number of halogens is 2. The third-order valence-corrected chi connectivity index (χ3v) is 3.60. The smallest absolute Gasteiger partial charge is 0.410 e. The molecule has 0 saturated heterocycles. The van der Waals surface area contributed by atoms with E-state index in [1.807, 2.05) is 34.6 Å². The van der Waals surface area contributed by atoms with E-state index < -0.39 is 5.60 Å². The Labute approximate surface area is 146 Å². The van der Waals surface area contributed by atoms with Crippen molar-refractivity contribution in [2.75, 3.05) is 13.1 Å². The maximum Gasteiger partial charge on any atom is 0.410 e.